The second kappa shape index (κ2) is 8.86. The third-order valence-electron chi connectivity index (χ3n) is 9.64. The Morgan fingerprint density at radius 1 is 0.581 bits per heavy atom. The molecule has 2 aliphatic rings. The lowest BCUT2D eigenvalue weighted by Crippen LogP contribution is -2.38. The molecule has 3 heteroatoms. The van der Waals surface area contributed by atoms with Gasteiger partial charge in [0.1, 0.15) is 6.04 Å². The van der Waals surface area contributed by atoms with Crippen LogP contribution < -0.4 is 10.5 Å². The molecule has 0 amide bonds. The van der Waals surface area contributed by atoms with Gasteiger partial charge in [0, 0.05) is 27.3 Å². The third kappa shape index (κ3) is 3.36. The molecule has 1 aliphatic heterocycles. The summed E-state index contributed by atoms with van der Waals surface area (Å²) in [5, 5.41) is 4.90. The second-order valence-corrected chi connectivity index (χ2v) is 12.3. The van der Waals surface area contributed by atoms with Crippen molar-refractivity contribution >= 4 is 27.5 Å². The zero-order valence-electron chi connectivity index (χ0n) is 24.3. The maximum Gasteiger partial charge on any atom is 0.120 e. The fourth-order valence-electron chi connectivity index (χ4n) is 7.58. The lowest BCUT2D eigenvalue weighted by Gasteiger charge is -2.30. The smallest absolute Gasteiger partial charge is 0.120 e. The first-order valence-corrected chi connectivity index (χ1v) is 15.1. The molecule has 9 rings (SSSR count). The van der Waals surface area contributed by atoms with Crippen molar-refractivity contribution in [3.8, 4) is 22.3 Å². The van der Waals surface area contributed by atoms with E-state index < -0.39 is 0 Å². The van der Waals surface area contributed by atoms with Crippen LogP contribution in [0.3, 0.4) is 0 Å². The largest absolute Gasteiger partial charge is 0.283 e. The number of para-hydroxylation sites is 2. The highest BCUT2D eigenvalue weighted by molar-refractivity contribution is 6.15. The minimum absolute atomic E-state index is 0.0134. The molecule has 1 aromatic heterocycles. The molecule has 0 fully saturated rings. The van der Waals surface area contributed by atoms with Crippen LogP contribution >= 0.6 is 0 Å². The maximum atomic E-state index is 3.85. The SMILES string of the molecule is CC1(C)c2ccccc2-c2c1ccc1c3ccccc3n(N3Nc4ccccc4C3c3ccc(-c4ccccc4)cc3)c21. The normalized spacial score (nSPS) is 16.2. The van der Waals surface area contributed by atoms with E-state index in [1.165, 1.54) is 66.3 Å². The van der Waals surface area contributed by atoms with Crippen LogP contribution in [0.4, 0.5) is 5.69 Å². The number of benzene rings is 6. The van der Waals surface area contributed by atoms with Gasteiger partial charge in [-0.25, -0.2) is 9.79 Å². The monoisotopic (exact) mass is 553 g/mol. The van der Waals surface area contributed by atoms with E-state index in [0.717, 1.165) is 5.69 Å². The number of hydrogen-bond acceptors (Lipinski definition) is 2. The van der Waals surface area contributed by atoms with Crippen LogP contribution in [0.5, 0.6) is 0 Å². The molecule has 6 aromatic carbocycles. The van der Waals surface area contributed by atoms with E-state index in [2.05, 4.69) is 169 Å². The summed E-state index contributed by atoms with van der Waals surface area (Å²) in [4.78, 5) is 0. The zero-order valence-corrected chi connectivity index (χ0v) is 24.3. The van der Waals surface area contributed by atoms with E-state index in [9.17, 15) is 0 Å². The Morgan fingerprint density at radius 3 is 2.14 bits per heavy atom. The van der Waals surface area contributed by atoms with Crippen molar-refractivity contribution in [2.45, 2.75) is 25.3 Å². The Labute approximate surface area is 251 Å². The van der Waals surface area contributed by atoms with Crippen molar-refractivity contribution < 1.29 is 0 Å². The van der Waals surface area contributed by atoms with Gasteiger partial charge < -0.3 is 0 Å². The summed E-state index contributed by atoms with van der Waals surface area (Å²) in [5.41, 5.74) is 17.8. The van der Waals surface area contributed by atoms with Gasteiger partial charge in [-0.05, 0) is 45.5 Å². The summed E-state index contributed by atoms with van der Waals surface area (Å²) in [6.07, 6.45) is 0. The Morgan fingerprint density at radius 2 is 1.28 bits per heavy atom. The van der Waals surface area contributed by atoms with Gasteiger partial charge in [0.05, 0.1) is 16.7 Å². The minimum atomic E-state index is -0.0739. The quantitative estimate of drug-likeness (QED) is 0.235. The van der Waals surface area contributed by atoms with Gasteiger partial charge in [0.2, 0.25) is 0 Å². The van der Waals surface area contributed by atoms with Gasteiger partial charge >= 0.3 is 0 Å². The molecule has 0 saturated carbocycles. The van der Waals surface area contributed by atoms with Gasteiger partial charge in [-0.2, -0.15) is 0 Å². The van der Waals surface area contributed by atoms with E-state index in [1.807, 2.05) is 0 Å². The van der Waals surface area contributed by atoms with E-state index in [-0.39, 0.29) is 11.5 Å². The van der Waals surface area contributed by atoms with Crippen LogP contribution in [-0.2, 0) is 5.41 Å². The van der Waals surface area contributed by atoms with E-state index in [0.29, 0.717) is 0 Å². The molecule has 1 N–H and O–H groups in total. The molecule has 7 aromatic rings. The van der Waals surface area contributed by atoms with E-state index in [4.69, 9.17) is 0 Å². The van der Waals surface area contributed by atoms with Crippen molar-refractivity contribution in [2.75, 3.05) is 10.5 Å². The number of aromatic nitrogens is 1. The van der Waals surface area contributed by atoms with Gasteiger partial charge in [-0.15, -0.1) is 0 Å². The number of hydrogen-bond donors (Lipinski definition) is 1. The van der Waals surface area contributed by atoms with Crippen LogP contribution in [0.2, 0.25) is 0 Å². The molecular weight excluding hydrogens is 522 g/mol. The molecule has 0 bridgehead atoms. The van der Waals surface area contributed by atoms with Crippen LogP contribution in [0.25, 0.3) is 44.1 Å². The van der Waals surface area contributed by atoms with Crippen molar-refractivity contribution in [3.05, 3.63) is 162 Å². The predicted octanol–water partition coefficient (Wildman–Crippen LogP) is 9.84. The molecule has 0 spiro atoms. The molecule has 2 heterocycles. The molecular formula is C40H31N3. The number of rotatable bonds is 3. The second-order valence-electron chi connectivity index (χ2n) is 12.3. The molecule has 1 atom stereocenters. The Kier molecular flexibility index (Phi) is 5.01. The van der Waals surface area contributed by atoms with E-state index in [1.54, 1.807) is 0 Å². The maximum absolute atomic E-state index is 3.85. The molecule has 43 heavy (non-hydrogen) atoms. The molecule has 206 valence electrons. The summed E-state index contributed by atoms with van der Waals surface area (Å²) in [5.74, 6) is 0. The van der Waals surface area contributed by atoms with Crippen LogP contribution in [0.1, 0.15) is 42.1 Å². The Hall–Kier alpha value is -5.28. The fourth-order valence-corrected chi connectivity index (χ4v) is 7.58. The standard InChI is InChI=1S/C40H31N3/c1-40(2)33-17-9-6-15-31(33)37-34(40)25-24-30-29-14-8-11-19-36(29)42(39(30)37)43-38(32-16-7-10-18-35(32)41-43)28-22-20-27(21-23-28)26-12-4-3-5-13-26/h3-25,38,41H,1-2H3. The first kappa shape index (κ1) is 24.3. The number of nitrogens with one attached hydrogen (secondary N) is 1. The van der Waals surface area contributed by atoms with Crippen molar-refractivity contribution in [2.24, 2.45) is 0 Å². The Balaban J connectivity index is 1.32. The number of nitrogens with zero attached hydrogens (tertiary/aromatic N) is 2. The number of anilines is 1. The van der Waals surface area contributed by atoms with Crippen molar-refractivity contribution in [1.29, 1.82) is 0 Å². The predicted molar refractivity (Wildman–Crippen MR) is 179 cm³/mol. The van der Waals surface area contributed by atoms with Crippen molar-refractivity contribution in [3.63, 3.8) is 0 Å². The summed E-state index contributed by atoms with van der Waals surface area (Å²) >= 11 is 0. The number of fused-ring (bicyclic) bond motifs is 8. The number of hydrazine groups is 1. The van der Waals surface area contributed by atoms with Crippen LogP contribution in [-0.4, -0.2) is 4.68 Å². The van der Waals surface area contributed by atoms with Crippen LogP contribution in [0, 0.1) is 0 Å². The minimum Gasteiger partial charge on any atom is -0.283 e. The summed E-state index contributed by atoms with van der Waals surface area (Å²) < 4.78 is 2.46. The molecule has 1 unspecified atom stereocenters. The van der Waals surface area contributed by atoms with Gasteiger partial charge in [-0.3, -0.25) is 5.43 Å². The Bertz CT molecular complexity index is 2190. The average molecular weight is 554 g/mol. The van der Waals surface area contributed by atoms with Crippen LogP contribution in [0.15, 0.2) is 140 Å². The highest BCUT2D eigenvalue weighted by Gasteiger charge is 2.39. The van der Waals surface area contributed by atoms with Gasteiger partial charge in [0.25, 0.3) is 0 Å². The van der Waals surface area contributed by atoms with E-state index >= 15 is 0 Å². The highest BCUT2D eigenvalue weighted by Crippen LogP contribution is 2.53. The summed E-state index contributed by atoms with van der Waals surface area (Å²) in [6, 6.07) is 50.9. The topological polar surface area (TPSA) is 20.2 Å². The molecule has 3 nitrogen and oxygen atoms in total. The molecule has 1 aliphatic carbocycles. The summed E-state index contributed by atoms with van der Waals surface area (Å²) in [6.45, 7) is 4.72. The molecule has 0 radical (unpaired) electrons. The fraction of sp³-hybridized carbons (Fsp3) is 0.100. The zero-order chi connectivity index (χ0) is 28.7. The average Bonchev–Trinajstić information content (AvgIpc) is 3.67. The third-order valence-corrected chi connectivity index (χ3v) is 9.64. The van der Waals surface area contributed by atoms with Gasteiger partial charge in [0.15, 0.2) is 0 Å². The highest BCUT2D eigenvalue weighted by atomic mass is 15.8. The first-order chi connectivity index (χ1) is 21.1. The lowest BCUT2D eigenvalue weighted by molar-refractivity contribution is 0.637. The van der Waals surface area contributed by atoms with Gasteiger partial charge in [-0.1, -0.05) is 141 Å². The first-order valence-electron chi connectivity index (χ1n) is 15.1. The van der Waals surface area contributed by atoms with Crippen molar-refractivity contribution in [1.82, 2.24) is 4.68 Å². The lowest BCUT2D eigenvalue weighted by atomic mass is 9.82. The summed E-state index contributed by atoms with van der Waals surface area (Å²) in [7, 11) is 0. The molecule has 0 saturated heterocycles.